The lowest BCUT2D eigenvalue weighted by atomic mass is 10.00. The van der Waals surface area contributed by atoms with Gasteiger partial charge in [-0.05, 0) is 48.8 Å². The zero-order valence-electron chi connectivity index (χ0n) is 26.5. The minimum absolute atomic E-state index is 0.0767. The largest absolute Gasteiger partial charge is 0.380 e. The Balaban J connectivity index is 1.54. The lowest BCUT2D eigenvalue weighted by molar-refractivity contribution is -0.508. The van der Waals surface area contributed by atoms with E-state index in [1.165, 1.54) is 0 Å². The van der Waals surface area contributed by atoms with Gasteiger partial charge in [0.1, 0.15) is 0 Å². The minimum Gasteiger partial charge on any atom is -0.380 e. The maximum absolute atomic E-state index is 9.72. The van der Waals surface area contributed by atoms with Crippen LogP contribution in [0.25, 0.3) is 23.2 Å². The maximum Gasteiger partial charge on any atom is 0.352 e. The lowest BCUT2D eigenvalue weighted by Crippen LogP contribution is -2.62. The first-order valence-corrected chi connectivity index (χ1v) is 15.1. The van der Waals surface area contributed by atoms with Crippen molar-refractivity contribution in [2.45, 2.75) is 38.9 Å². The molecule has 2 aliphatic rings. The Hall–Kier alpha value is -3.92. The van der Waals surface area contributed by atoms with Gasteiger partial charge < -0.3 is 45.2 Å². The molecule has 5 rings (SSSR count). The van der Waals surface area contributed by atoms with Crippen molar-refractivity contribution >= 4 is 11.8 Å². The Bertz CT molecular complexity index is 1630. The molecule has 0 unspecified atom stereocenters. The number of morpholine rings is 1. The summed E-state index contributed by atoms with van der Waals surface area (Å²) in [6.07, 6.45) is 1.45. The van der Waals surface area contributed by atoms with Gasteiger partial charge in [0.05, 0.1) is 31.1 Å². The predicted octanol–water partition coefficient (Wildman–Crippen LogP) is 1.28. The molecule has 3 heterocycles. The molecule has 0 bridgehead atoms. The van der Waals surface area contributed by atoms with Gasteiger partial charge >= 0.3 is 12.2 Å². The third-order valence-electron chi connectivity index (χ3n) is 8.02. The van der Waals surface area contributed by atoms with Gasteiger partial charge in [0.15, 0.2) is 5.82 Å². The van der Waals surface area contributed by atoms with E-state index in [1.54, 1.807) is 29.8 Å². The first kappa shape index (κ1) is 33.4. The van der Waals surface area contributed by atoms with E-state index in [-0.39, 0.29) is 4.90 Å². The Morgan fingerprint density at radius 1 is 1.02 bits per heavy atom. The summed E-state index contributed by atoms with van der Waals surface area (Å²) in [4.78, 5) is 8.85. The molecule has 6 N–H and O–H groups in total. The van der Waals surface area contributed by atoms with E-state index in [0.29, 0.717) is 37.6 Å². The van der Waals surface area contributed by atoms with E-state index in [2.05, 4.69) is 17.0 Å². The third-order valence-corrected chi connectivity index (χ3v) is 8.02. The molecule has 1 fully saturated rings. The average molecular weight is 635 g/mol. The van der Waals surface area contributed by atoms with Crippen LogP contribution in [0.1, 0.15) is 30.2 Å². The van der Waals surface area contributed by atoms with Crippen LogP contribution in [-0.4, -0.2) is 114 Å². The van der Waals surface area contributed by atoms with Gasteiger partial charge in [-0.25, -0.2) is 9.67 Å². The predicted molar refractivity (Wildman–Crippen MR) is 172 cm³/mol. The van der Waals surface area contributed by atoms with Crippen LogP contribution in [-0.2, 0) is 11.2 Å². The molecule has 0 radical (unpaired) electrons. The molecule has 0 amide bonds. The summed E-state index contributed by atoms with van der Waals surface area (Å²) in [5.41, 5.74) is 7.96. The minimum atomic E-state index is -3.72. The Kier molecular flexibility index (Phi) is 9.77. The molecular formula is C33H42N6O7. The summed E-state index contributed by atoms with van der Waals surface area (Å²) in [6.45, 7) is 6.09. The van der Waals surface area contributed by atoms with E-state index < -0.39 is 18.7 Å². The van der Waals surface area contributed by atoms with Gasteiger partial charge in [-0.3, -0.25) is 0 Å². The normalized spacial score (nSPS) is 16.2. The van der Waals surface area contributed by atoms with Crippen LogP contribution in [0.15, 0.2) is 71.6 Å². The van der Waals surface area contributed by atoms with E-state index in [1.807, 2.05) is 56.5 Å². The molecule has 13 nitrogen and oxygen atoms in total. The molecule has 1 saturated heterocycles. The number of likely N-dealkylation sites (N-methyl/N-ethyl adjacent to an activating group) is 1. The number of rotatable bonds is 11. The molecule has 0 spiro atoms. The van der Waals surface area contributed by atoms with Crippen LogP contribution in [0, 0.1) is 6.92 Å². The fourth-order valence-corrected chi connectivity index (χ4v) is 5.64. The number of anilines is 1. The first-order valence-electron chi connectivity index (χ1n) is 15.1. The molecule has 2 aromatic heterocycles. The number of nitrogens with zero attached hydrogens (tertiary/aromatic N) is 6. The molecule has 1 aliphatic heterocycles. The molecule has 46 heavy (non-hydrogen) atoms. The second kappa shape index (κ2) is 13.4. The van der Waals surface area contributed by atoms with Crippen LogP contribution < -0.4 is 4.90 Å². The van der Waals surface area contributed by atoms with E-state index in [4.69, 9.17) is 14.8 Å². The number of allylic oxidation sites excluding steroid dienone is 4. The average Bonchev–Trinajstić information content (AvgIpc) is 3.65. The van der Waals surface area contributed by atoms with Gasteiger partial charge in [-0.1, -0.05) is 36.8 Å². The zero-order chi connectivity index (χ0) is 33.2. The van der Waals surface area contributed by atoms with Crippen molar-refractivity contribution in [3.05, 3.63) is 88.4 Å². The molecule has 0 saturated carbocycles. The first-order chi connectivity index (χ1) is 21.7. The van der Waals surface area contributed by atoms with Crippen LogP contribution in [0.3, 0.4) is 0 Å². The van der Waals surface area contributed by atoms with Crippen molar-refractivity contribution in [1.82, 2.24) is 24.6 Å². The molecule has 3 aromatic rings. The Morgan fingerprint density at radius 2 is 1.74 bits per heavy atom. The number of aliphatic hydroxyl groups is 6. The quantitative estimate of drug-likeness (QED) is 0.132. The van der Waals surface area contributed by atoms with Crippen LogP contribution >= 0.6 is 0 Å². The molecular weight excluding hydrogens is 592 g/mol. The standard InChI is InChI=1S/C33H42N6O7/c1-5-7-23(17-26(36(3)4)21-39(32(40,41)42)33(43,44)45)25-18-27-29(19-25)34-31(20-30(27)37-12-14-46-15-13-37)38-11-10-28(35-38)24-9-6-8-22(2)16-24/h6-11,16-17,19-20,40-45H,5,12-15,18,21H2,1-4H3/b23-7+,26-17-. The van der Waals surface area contributed by atoms with E-state index >= 15 is 0 Å². The molecule has 0 atom stereocenters. The summed E-state index contributed by atoms with van der Waals surface area (Å²) in [5.74, 6) is 0.674. The Morgan fingerprint density at radius 3 is 2.37 bits per heavy atom. The monoisotopic (exact) mass is 634 g/mol. The summed E-state index contributed by atoms with van der Waals surface area (Å²) in [7, 11) is 3.35. The third kappa shape index (κ3) is 7.54. The lowest BCUT2D eigenvalue weighted by Gasteiger charge is -2.37. The van der Waals surface area contributed by atoms with Crippen molar-refractivity contribution in [3.63, 3.8) is 0 Å². The van der Waals surface area contributed by atoms with E-state index in [9.17, 15) is 30.6 Å². The van der Waals surface area contributed by atoms with Crippen molar-refractivity contribution < 1.29 is 35.4 Å². The second-order valence-electron chi connectivity index (χ2n) is 11.7. The number of ether oxygens (including phenoxy) is 1. The highest BCUT2D eigenvalue weighted by Crippen LogP contribution is 2.37. The van der Waals surface area contributed by atoms with Crippen molar-refractivity contribution in [2.24, 2.45) is 0 Å². The summed E-state index contributed by atoms with van der Waals surface area (Å²) < 4.78 is 7.42. The molecule has 246 valence electrons. The van der Waals surface area contributed by atoms with Crippen LogP contribution in [0.2, 0.25) is 0 Å². The van der Waals surface area contributed by atoms with Gasteiger partial charge in [0.25, 0.3) is 0 Å². The van der Waals surface area contributed by atoms with Crippen molar-refractivity contribution in [1.29, 1.82) is 0 Å². The topological polar surface area (TPSA) is 171 Å². The summed E-state index contributed by atoms with van der Waals surface area (Å²) in [5, 5.41) is 63.2. The number of pyridine rings is 1. The molecule has 1 aliphatic carbocycles. The smallest absolute Gasteiger partial charge is 0.352 e. The number of aromatic nitrogens is 3. The van der Waals surface area contributed by atoms with Crippen LogP contribution in [0.4, 0.5) is 5.69 Å². The number of hydrogen-bond acceptors (Lipinski definition) is 12. The van der Waals surface area contributed by atoms with Crippen molar-refractivity contribution in [2.75, 3.05) is 51.8 Å². The second-order valence-corrected chi connectivity index (χ2v) is 11.7. The van der Waals surface area contributed by atoms with Crippen molar-refractivity contribution in [3.8, 4) is 17.1 Å². The van der Waals surface area contributed by atoms with Gasteiger partial charge in [-0.15, -0.1) is 4.90 Å². The van der Waals surface area contributed by atoms with Crippen LogP contribution in [0.5, 0.6) is 0 Å². The molecule has 13 heteroatoms. The molecule has 1 aromatic carbocycles. The summed E-state index contributed by atoms with van der Waals surface area (Å²) >= 11 is 0. The zero-order valence-corrected chi connectivity index (χ0v) is 26.5. The highest BCUT2D eigenvalue weighted by molar-refractivity contribution is 5.75. The maximum atomic E-state index is 9.72. The highest BCUT2D eigenvalue weighted by Gasteiger charge is 2.44. The van der Waals surface area contributed by atoms with Gasteiger partial charge in [-0.2, -0.15) is 5.10 Å². The highest BCUT2D eigenvalue weighted by atomic mass is 16.8. The SMILES string of the molecule is CC/C=C(\C=C(\CN(C(O)(O)O)C(O)(O)O)N(C)C)C1=Cc2nc(-n3ccc(-c4cccc(C)c4)n3)cc(N3CCOCC3)c2C1. The number of fused-ring (bicyclic) bond motifs is 1. The number of benzene rings is 1. The van der Waals surface area contributed by atoms with Gasteiger partial charge in [0.2, 0.25) is 0 Å². The number of aryl methyl sites for hydroxylation is 1. The summed E-state index contributed by atoms with van der Waals surface area (Å²) in [6, 6.07) is 12.2. The van der Waals surface area contributed by atoms with E-state index in [0.717, 1.165) is 58.0 Å². The Labute approximate surface area is 267 Å². The van der Waals surface area contributed by atoms with Gasteiger partial charge in [0, 0.05) is 68.4 Å². The fraction of sp³-hybridized carbons (Fsp3) is 0.394. The number of hydrogen-bond donors (Lipinski definition) is 6. The fourth-order valence-electron chi connectivity index (χ4n) is 5.64.